The Labute approximate surface area is 346 Å². The highest BCUT2D eigenvalue weighted by Gasteiger charge is 2.19. The Balaban J connectivity index is 4.10. The van der Waals surface area contributed by atoms with E-state index >= 15 is 0 Å². The van der Waals surface area contributed by atoms with Crippen molar-refractivity contribution in [1.82, 2.24) is 0 Å². The first-order valence-electron chi connectivity index (χ1n) is 24.0. The van der Waals surface area contributed by atoms with Crippen molar-refractivity contribution in [3.05, 3.63) is 36.5 Å². The molecule has 0 aromatic carbocycles. The fourth-order valence-electron chi connectivity index (χ4n) is 6.74. The normalized spacial score (nSPS) is 12.3. The summed E-state index contributed by atoms with van der Waals surface area (Å²) in [4.78, 5) is 37.4. The summed E-state index contributed by atoms with van der Waals surface area (Å²) in [6.45, 7) is 6.52. The van der Waals surface area contributed by atoms with Gasteiger partial charge in [0.05, 0.1) is 0 Å². The molecule has 0 aromatic rings. The Morgan fingerprint density at radius 2 is 0.643 bits per heavy atom. The predicted octanol–water partition coefficient (Wildman–Crippen LogP) is 15.4. The molecule has 0 bridgehead atoms. The summed E-state index contributed by atoms with van der Waals surface area (Å²) in [6.07, 6.45) is 51.7. The van der Waals surface area contributed by atoms with Crippen LogP contribution in [0.4, 0.5) is 0 Å². The molecule has 56 heavy (non-hydrogen) atoms. The lowest BCUT2D eigenvalue weighted by molar-refractivity contribution is -0.167. The molecule has 0 N–H and O–H groups in total. The Bertz CT molecular complexity index is 953. The number of hydrogen-bond donors (Lipinski definition) is 0. The minimum absolute atomic E-state index is 0.0735. The average Bonchev–Trinajstić information content (AvgIpc) is 3.19. The molecule has 0 saturated carbocycles. The van der Waals surface area contributed by atoms with Crippen LogP contribution < -0.4 is 0 Å². The number of carbonyl (C=O) groups is 3. The molecule has 1 unspecified atom stereocenters. The van der Waals surface area contributed by atoms with Crippen LogP contribution in [0.2, 0.25) is 0 Å². The third-order valence-electron chi connectivity index (χ3n) is 10.4. The van der Waals surface area contributed by atoms with Crippen LogP contribution in [0.15, 0.2) is 36.5 Å². The SMILES string of the molecule is CCCCCCC/C=C\C/C=C\C/C=C\CCCCCCCCCCC(=O)OCC(COC(=O)CCCCCCC)OC(=O)CCCCCCCCCCCC. The lowest BCUT2D eigenvalue weighted by Crippen LogP contribution is -2.30. The standard InChI is InChI=1S/C50H90O6/c1-4-7-10-13-15-17-19-20-21-22-23-24-25-26-27-28-29-30-31-33-34-37-40-43-49(52)55-46-47(45-54-48(51)42-39-36-12-9-6-3)56-50(53)44-41-38-35-32-18-16-14-11-8-5-2/h19-20,22-23,25-26,47H,4-18,21,24,27-46H2,1-3H3/b20-19-,23-22-,26-25-. The van der Waals surface area contributed by atoms with Crippen molar-refractivity contribution in [2.75, 3.05) is 13.2 Å². The number of allylic oxidation sites excluding steroid dienone is 6. The fourth-order valence-corrected chi connectivity index (χ4v) is 6.74. The molecule has 0 radical (unpaired) electrons. The maximum atomic E-state index is 12.6. The second-order valence-corrected chi connectivity index (χ2v) is 16.0. The molecule has 1 atom stereocenters. The molecule has 0 aliphatic rings. The van der Waals surface area contributed by atoms with Crippen molar-refractivity contribution in [2.45, 2.75) is 252 Å². The molecule has 326 valence electrons. The molecule has 0 aliphatic carbocycles. The summed E-state index contributed by atoms with van der Waals surface area (Å²) < 4.78 is 16.6. The van der Waals surface area contributed by atoms with Crippen molar-refractivity contribution in [2.24, 2.45) is 0 Å². The van der Waals surface area contributed by atoms with E-state index in [0.29, 0.717) is 19.3 Å². The molecule has 0 heterocycles. The van der Waals surface area contributed by atoms with Crippen molar-refractivity contribution in [3.63, 3.8) is 0 Å². The molecule has 0 saturated heterocycles. The summed E-state index contributed by atoms with van der Waals surface area (Å²) in [5, 5.41) is 0. The van der Waals surface area contributed by atoms with E-state index in [1.165, 1.54) is 122 Å². The van der Waals surface area contributed by atoms with E-state index in [0.717, 1.165) is 83.5 Å². The molecular weight excluding hydrogens is 697 g/mol. The third kappa shape index (κ3) is 42.8. The molecule has 6 heteroatoms. The van der Waals surface area contributed by atoms with Crippen LogP contribution in [-0.2, 0) is 28.6 Å². The Kier molecular flexibility index (Phi) is 43.4. The van der Waals surface area contributed by atoms with E-state index in [1.807, 2.05) is 0 Å². The van der Waals surface area contributed by atoms with Crippen molar-refractivity contribution < 1.29 is 28.6 Å². The molecule has 0 amide bonds. The number of carbonyl (C=O) groups excluding carboxylic acids is 3. The average molecular weight is 787 g/mol. The van der Waals surface area contributed by atoms with E-state index in [2.05, 4.69) is 57.2 Å². The minimum atomic E-state index is -0.766. The molecule has 6 nitrogen and oxygen atoms in total. The largest absolute Gasteiger partial charge is 0.462 e. The zero-order chi connectivity index (χ0) is 40.8. The van der Waals surface area contributed by atoms with Gasteiger partial charge >= 0.3 is 17.9 Å². The van der Waals surface area contributed by atoms with Crippen LogP contribution >= 0.6 is 0 Å². The van der Waals surface area contributed by atoms with Crippen LogP contribution in [-0.4, -0.2) is 37.2 Å². The molecule has 0 spiro atoms. The van der Waals surface area contributed by atoms with Gasteiger partial charge in [0, 0.05) is 19.3 Å². The van der Waals surface area contributed by atoms with Gasteiger partial charge in [-0.2, -0.15) is 0 Å². The Hall–Kier alpha value is -2.37. The number of hydrogen-bond acceptors (Lipinski definition) is 6. The summed E-state index contributed by atoms with van der Waals surface area (Å²) in [7, 11) is 0. The van der Waals surface area contributed by atoms with Gasteiger partial charge in [-0.25, -0.2) is 0 Å². The van der Waals surface area contributed by atoms with Crippen LogP contribution in [0, 0.1) is 0 Å². The van der Waals surface area contributed by atoms with E-state index in [9.17, 15) is 14.4 Å². The number of rotatable bonds is 43. The first-order chi connectivity index (χ1) is 27.5. The van der Waals surface area contributed by atoms with Crippen LogP contribution in [0.5, 0.6) is 0 Å². The van der Waals surface area contributed by atoms with E-state index in [-0.39, 0.29) is 31.1 Å². The minimum Gasteiger partial charge on any atom is -0.462 e. The van der Waals surface area contributed by atoms with Crippen LogP contribution in [0.3, 0.4) is 0 Å². The molecule has 0 fully saturated rings. The smallest absolute Gasteiger partial charge is 0.306 e. The zero-order valence-corrected chi connectivity index (χ0v) is 37.2. The highest BCUT2D eigenvalue weighted by atomic mass is 16.6. The molecule has 0 aliphatic heterocycles. The van der Waals surface area contributed by atoms with Crippen LogP contribution in [0.25, 0.3) is 0 Å². The lowest BCUT2D eigenvalue weighted by atomic mass is 10.1. The van der Waals surface area contributed by atoms with Gasteiger partial charge in [-0.05, 0) is 57.8 Å². The first-order valence-corrected chi connectivity index (χ1v) is 24.0. The number of ether oxygens (including phenoxy) is 3. The monoisotopic (exact) mass is 787 g/mol. The Morgan fingerprint density at radius 3 is 1.00 bits per heavy atom. The highest BCUT2D eigenvalue weighted by molar-refractivity contribution is 5.71. The second kappa shape index (κ2) is 45.3. The van der Waals surface area contributed by atoms with Gasteiger partial charge in [0.1, 0.15) is 13.2 Å². The summed E-state index contributed by atoms with van der Waals surface area (Å²) in [5.41, 5.74) is 0. The van der Waals surface area contributed by atoms with E-state index in [4.69, 9.17) is 14.2 Å². The maximum Gasteiger partial charge on any atom is 0.306 e. The van der Waals surface area contributed by atoms with Crippen molar-refractivity contribution in [3.8, 4) is 0 Å². The van der Waals surface area contributed by atoms with E-state index < -0.39 is 6.10 Å². The van der Waals surface area contributed by atoms with Gasteiger partial charge in [-0.15, -0.1) is 0 Å². The van der Waals surface area contributed by atoms with Gasteiger partial charge in [0.25, 0.3) is 0 Å². The van der Waals surface area contributed by atoms with Gasteiger partial charge in [-0.1, -0.05) is 205 Å². The third-order valence-corrected chi connectivity index (χ3v) is 10.4. The molecular formula is C50H90O6. The molecule has 0 rings (SSSR count). The second-order valence-electron chi connectivity index (χ2n) is 16.0. The summed E-state index contributed by atoms with van der Waals surface area (Å²) >= 11 is 0. The van der Waals surface area contributed by atoms with Gasteiger partial charge in [0.2, 0.25) is 0 Å². The number of esters is 3. The predicted molar refractivity (Wildman–Crippen MR) is 238 cm³/mol. The summed E-state index contributed by atoms with van der Waals surface area (Å²) in [6, 6.07) is 0. The summed E-state index contributed by atoms with van der Waals surface area (Å²) in [5.74, 6) is -0.892. The van der Waals surface area contributed by atoms with Gasteiger partial charge in [0.15, 0.2) is 6.10 Å². The van der Waals surface area contributed by atoms with E-state index in [1.54, 1.807) is 0 Å². The van der Waals surface area contributed by atoms with Crippen molar-refractivity contribution >= 4 is 17.9 Å². The van der Waals surface area contributed by atoms with Crippen LogP contribution in [0.1, 0.15) is 245 Å². The quantitative estimate of drug-likeness (QED) is 0.0265. The maximum absolute atomic E-state index is 12.6. The molecule has 0 aromatic heterocycles. The topological polar surface area (TPSA) is 78.9 Å². The Morgan fingerprint density at radius 1 is 0.357 bits per heavy atom. The number of unbranched alkanes of at least 4 members (excludes halogenated alkanes) is 26. The first kappa shape index (κ1) is 53.6. The lowest BCUT2D eigenvalue weighted by Gasteiger charge is -2.18. The van der Waals surface area contributed by atoms with Gasteiger partial charge in [-0.3, -0.25) is 14.4 Å². The van der Waals surface area contributed by atoms with Gasteiger partial charge < -0.3 is 14.2 Å². The highest BCUT2D eigenvalue weighted by Crippen LogP contribution is 2.14. The fraction of sp³-hybridized carbons (Fsp3) is 0.820. The van der Waals surface area contributed by atoms with Crippen molar-refractivity contribution in [1.29, 1.82) is 0 Å². The zero-order valence-electron chi connectivity index (χ0n) is 37.2.